The number of carbonyl (C=O) groups excluding carboxylic acids is 1. The van der Waals surface area contributed by atoms with Crippen molar-refractivity contribution < 1.29 is 4.79 Å². The van der Waals surface area contributed by atoms with Crippen LogP contribution in [0.2, 0.25) is 0 Å². The van der Waals surface area contributed by atoms with Crippen LogP contribution in [0, 0.1) is 11.8 Å². The Morgan fingerprint density at radius 1 is 1.28 bits per heavy atom. The second-order valence-electron chi connectivity index (χ2n) is 5.98. The molecule has 1 N–H and O–H groups in total. The Balaban J connectivity index is 2.40. The fourth-order valence-electron chi connectivity index (χ4n) is 2.85. The molecule has 106 valence electrons. The molecule has 1 saturated heterocycles. The van der Waals surface area contributed by atoms with E-state index < -0.39 is 0 Å². The minimum atomic E-state index is 0.298. The first-order valence-corrected chi connectivity index (χ1v) is 7.55. The van der Waals surface area contributed by atoms with Crippen LogP contribution >= 0.6 is 0 Å². The number of likely N-dealkylation sites (tertiary alicyclic amines) is 1. The van der Waals surface area contributed by atoms with E-state index in [0.717, 1.165) is 31.5 Å². The lowest BCUT2D eigenvalue weighted by molar-refractivity contribution is -0.131. The Hall–Kier alpha value is -0.570. The zero-order chi connectivity index (χ0) is 13.5. The molecule has 3 nitrogen and oxygen atoms in total. The smallest absolute Gasteiger partial charge is 0.224 e. The Kier molecular flexibility index (Phi) is 6.69. The molecule has 18 heavy (non-hydrogen) atoms. The topological polar surface area (TPSA) is 32.3 Å². The molecule has 0 bridgehead atoms. The summed E-state index contributed by atoms with van der Waals surface area (Å²) in [5.74, 6) is 1.88. The lowest BCUT2D eigenvalue weighted by Gasteiger charge is -2.23. The number of carbonyl (C=O) groups is 1. The van der Waals surface area contributed by atoms with Gasteiger partial charge in [-0.3, -0.25) is 4.79 Å². The van der Waals surface area contributed by atoms with Crippen molar-refractivity contribution in [1.29, 1.82) is 0 Å². The van der Waals surface area contributed by atoms with E-state index in [0.29, 0.717) is 18.4 Å². The molecule has 1 aliphatic heterocycles. The molecule has 2 unspecified atom stereocenters. The van der Waals surface area contributed by atoms with Gasteiger partial charge >= 0.3 is 0 Å². The number of nitrogens with zero attached hydrogens (tertiary/aromatic N) is 1. The first kappa shape index (κ1) is 15.5. The summed E-state index contributed by atoms with van der Waals surface area (Å²) in [6, 6.07) is 0.298. The van der Waals surface area contributed by atoms with E-state index in [4.69, 9.17) is 0 Å². The molecule has 0 spiro atoms. The number of hydrogen-bond acceptors (Lipinski definition) is 2. The Morgan fingerprint density at radius 3 is 2.61 bits per heavy atom. The van der Waals surface area contributed by atoms with E-state index in [2.05, 4.69) is 37.9 Å². The summed E-state index contributed by atoms with van der Waals surface area (Å²) in [5, 5.41) is 3.31. The SMILES string of the molecule is CCNC(C)CC(=O)N1CCCC(C(C)C)CC1. The minimum absolute atomic E-state index is 0.298. The molecule has 1 heterocycles. The largest absolute Gasteiger partial charge is 0.343 e. The molecule has 0 aliphatic carbocycles. The Labute approximate surface area is 112 Å². The van der Waals surface area contributed by atoms with Crippen LogP contribution in [0.3, 0.4) is 0 Å². The quantitative estimate of drug-likeness (QED) is 0.818. The molecule has 1 fully saturated rings. The van der Waals surface area contributed by atoms with Crippen LogP contribution in [0.5, 0.6) is 0 Å². The van der Waals surface area contributed by atoms with Gasteiger partial charge in [-0.2, -0.15) is 0 Å². The van der Waals surface area contributed by atoms with Crippen LogP contribution in [0.15, 0.2) is 0 Å². The van der Waals surface area contributed by atoms with E-state index >= 15 is 0 Å². The maximum atomic E-state index is 12.2. The second-order valence-corrected chi connectivity index (χ2v) is 5.98. The van der Waals surface area contributed by atoms with Crippen molar-refractivity contribution in [2.75, 3.05) is 19.6 Å². The van der Waals surface area contributed by atoms with Gasteiger partial charge in [-0.05, 0) is 44.6 Å². The molecule has 0 aromatic rings. The third-order valence-corrected chi connectivity index (χ3v) is 4.10. The maximum absolute atomic E-state index is 12.2. The third-order valence-electron chi connectivity index (χ3n) is 4.10. The molecule has 1 amide bonds. The highest BCUT2D eigenvalue weighted by Gasteiger charge is 2.22. The van der Waals surface area contributed by atoms with E-state index in [1.165, 1.54) is 19.3 Å². The summed E-state index contributed by atoms with van der Waals surface area (Å²) in [6.45, 7) is 11.6. The van der Waals surface area contributed by atoms with Gasteiger partial charge in [-0.25, -0.2) is 0 Å². The van der Waals surface area contributed by atoms with Crippen molar-refractivity contribution in [3.05, 3.63) is 0 Å². The molecular formula is C15H30N2O. The molecule has 2 atom stereocenters. The average Bonchev–Trinajstić information content (AvgIpc) is 2.54. The monoisotopic (exact) mass is 254 g/mol. The standard InChI is InChI=1S/C15H30N2O/c1-5-16-13(4)11-15(18)17-9-6-7-14(8-10-17)12(2)3/h12-14,16H,5-11H2,1-4H3. The zero-order valence-corrected chi connectivity index (χ0v) is 12.5. The van der Waals surface area contributed by atoms with Gasteiger partial charge in [0.05, 0.1) is 0 Å². The summed E-state index contributed by atoms with van der Waals surface area (Å²) in [7, 11) is 0. The van der Waals surface area contributed by atoms with Crippen molar-refractivity contribution in [2.24, 2.45) is 11.8 Å². The molecule has 1 rings (SSSR count). The third kappa shape index (κ3) is 4.97. The Bertz CT molecular complexity index is 253. The fourth-order valence-corrected chi connectivity index (χ4v) is 2.85. The highest BCUT2D eigenvalue weighted by Crippen LogP contribution is 2.24. The summed E-state index contributed by atoms with van der Waals surface area (Å²) in [6.07, 6.45) is 4.27. The molecule has 0 aromatic heterocycles. The van der Waals surface area contributed by atoms with Crippen molar-refractivity contribution >= 4 is 5.91 Å². The average molecular weight is 254 g/mol. The summed E-state index contributed by atoms with van der Waals surface area (Å²) in [4.78, 5) is 14.3. The molecule has 1 aliphatic rings. The lowest BCUT2D eigenvalue weighted by atomic mass is 9.89. The molecule has 0 aromatic carbocycles. The lowest BCUT2D eigenvalue weighted by Crippen LogP contribution is -2.37. The van der Waals surface area contributed by atoms with Crippen LogP contribution < -0.4 is 5.32 Å². The first-order chi connectivity index (χ1) is 8.54. The second kappa shape index (κ2) is 7.78. The van der Waals surface area contributed by atoms with Gasteiger partial charge < -0.3 is 10.2 Å². The Morgan fingerprint density at radius 2 is 2.00 bits per heavy atom. The van der Waals surface area contributed by atoms with Gasteiger partial charge in [0.15, 0.2) is 0 Å². The predicted molar refractivity (Wildman–Crippen MR) is 76.5 cm³/mol. The molecule has 0 saturated carbocycles. The van der Waals surface area contributed by atoms with Gasteiger partial charge in [0.1, 0.15) is 0 Å². The van der Waals surface area contributed by atoms with E-state index in [9.17, 15) is 4.79 Å². The van der Waals surface area contributed by atoms with Crippen molar-refractivity contribution in [3.63, 3.8) is 0 Å². The van der Waals surface area contributed by atoms with Gasteiger partial charge in [-0.1, -0.05) is 20.8 Å². The number of amides is 1. The first-order valence-electron chi connectivity index (χ1n) is 7.55. The van der Waals surface area contributed by atoms with Crippen LogP contribution in [0.4, 0.5) is 0 Å². The summed E-state index contributed by atoms with van der Waals surface area (Å²) < 4.78 is 0. The van der Waals surface area contributed by atoms with Gasteiger partial charge in [0.2, 0.25) is 5.91 Å². The number of nitrogens with one attached hydrogen (secondary N) is 1. The van der Waals surface area contributed by atoms with Crippen molar-refractivity contribution in [3.8, 4) is 0 Å². The highest BCUT2D eigenvalue weighted by atomic mass is 16.2. The van der Waals surface area contributed by atoms with Crippen LogP contribution in [-0.2, 0) is 4.79 Å². The van der Waals surface area contributed by atoms with E-state index in [-0.39, 0.29) is 0 Å². The summed E-state index contributed by atoms with van der Waals surface area (Å²) in [5.41, 5.74) is 0. The van der Waals surface area contributed by atoms with Crippen molar-refractivity contribution in [2.45, 2.75) is 59.4 Å². The normalized spacial score (nSPS) is 22.9. The van der Waals surface area contributed by atoms with Gasteiger partial charge in [-0.15, -0.1) is 0 Å². The minimum Gasteiger partial charge on any atom is -0.343 e. The van der Waals surface area contributed by atoms with Gasteiger partial charge in [0.25, 0.3) is 0 Å². The predicted octanol–water partition coefficient (Wildman–Crippen LogP) is 2.66. The van der Waals surface area contributed by atoms with Crippen LogP contribution in [0.1, 0.15) is 53.4 Å². The van der Waals surface area contributed by atoms with Crippen molar-refractivity contribution in [1.82, 2.24) is 10.2 Å². The zero-order valence-electron chi connectivity index (χ0n) is 12.5. The van der Waals surface area contributed by atoms with Crippen LogP contribution in [0.25, 0.3) is 0 Å². The highest BCUT2D eigenvalue weighted by molar-refractivity contribution is 5.76. The summed E-state index contributed by atoms with van der Waals surface area (Å²) >= 11 is 0. The molecule has 0 radical (unpaired) electrons. The fraction of sp³-hybridized carbons (Fsp3) is 0.933. The molecular weight excluding hydrogens is 224 g/mol. The van der Waals surface area contributed by atoms with E-state index in [1.807, 2.05) is 0 Å². The number of hydrogen-bond donors (Lipinski definition) is 1. The molecule has 3 heteroatoms. The maximum Gasteiger partial charge on any atom is 0.224 e. The van der Waals surface area contributed by atoms with Crippen LogP contribution in [-0.4, -0.2) is 36.5 Å². The van der Waals surface area contributed by atoms with Gasteiger partial charge in [0, 0.05) is 25.6 Å². The number of rotatable bonds is 5. The van der Waals surface area contributed by atoms with E-state index in [1.54, 1.807) is 0 Å².